The summed E-state index contributed by atoms with van der Waals surface area (Å²) in [6.45, 7) is 13.1. The third-order valence-electron chi connectivity index (χ3n) is 8.27. The van der Waals surface area contributed by atoms with Gasteiger partial charge in [0.2, 0.25) is 5.91 Å². The normalized spacial score (nSPS) is 13.1. The summed E-state index contributed by atoms with van der Waals surface area (Å²) in [7, 11) is 0. The predicted octanol–water partition coefficient (Wildman–Crippen LogP) is 11.0. The third kappa shape index (κ3) is 12.6. The van der Waals surface area contributed by atoms with Crippen LogP contribution in [0.5, 0.6) is 5.75 Å². The zero-order valence-electron chi connectivity index (χ0n) is 27.8. The van der Waals surface area contributed by atoms with Crippen molar-refractivity contribution < 1.29 is 9.53 Å². The number of amides is 1. The first-order valence-corrected chi connectivity index (χ1v) is 18.0. The van der Waals surface area contributed by atoms with E-state index in [0.29, 0.717) is 13.0 Å². The molecule has 0 bridgehead atoms. The van der Waals surface area contributed by atoms with Gasteiger partial charge in [0.25, 0.3) is 0 Å². The molecule has 0 fully saturated rings. The van der Waals surface area contributed by atoms with Crippen molar-refractivity contribution >= 4 is 23.4 Å². The average Bonchev–Trinajstić information content (AvgIpc) is 3.51. The molecule has 0 radical (unpaired) electrons. The zero-order valence-corrected chi connectivity index (χ0v) is 28.7. The summed E-state index contributed by atoms with van der Waals surface area (Å²) in [4.78, 5) is 17.4. The SMILES string of the molecule is CCCCCCCCCCCCCCOc1ccc(CN(C(=O)CC)c2cccc(CN3C=CSC3)c2)cc1C(C)(C)C. The fraction of sp³-hybridized carbons (Fsp3) is 0.605. The molecule has 2 aromatic carbocycles. The van der Waals surface area contributed by atoms with Crippen molar-refractivity contribution in [2.24, 2.45) is 0 Å². The molecule has 0 saturated carbocycles. The first-order chi connectivity index (χ1) is 20.8. The third-order valence-corrected chi connectivity index (χ3v) is 9.06. The summed E-state index contributed by atoms with van der Waals surface area (Å²) in [5.41, 5.74) is 4.47. The number of anilines is 1. The van der Waals surface area contributed by atoms with E-state index in [0.717, 1.165) is 42.4 Å². The minimum atomic E-state index is -0.0529. The Bertz CT molecular complexity index is 1120. The molecule has 0 aromatic heterocycles. The molecule has 0 aliphatic carbocycles. The topological polar surface area (TPSA) is 32.8 Å². The number of thioether (sulfide) groups is 1. The van der Waals surface area contributed by atoms with Crippen LogP contribution < -0.4 is 9.64 Å². The molecule has 0 atom stereocenters. The van der Waals surface area contributed by atoms with Crippen LogP contribution in [0, 0.1) is 0 Å². The Balaban J connectivity index is 1.53. The highest BCUT2D eigenvalue weighted by Gasteiger charge is 2.22. The van der Waals surface area contributed by atoms with E-state index in [1.165, 1.54) is 81.8 Å². The van der Waals surface area contributed by atoms with Gasteiger partial charge >= 0.3 is 0 Å². The Hall–Kier alpha value is -2.40. The Morgan fingerprint density at radius 2 is 1.53 bits per heavy atom. The molecule has 0 N–H and O–H groups in total. The lowest BCUT2D eigenvalue weighted by atomic mass is 9.85. The van der Waals surface area contributed by atoms with Gasteiger partial charge < -0.3 is 14.5 Å². The standard InChI is InChI=1S/C38H58N2O2S/c1-6-8-9-10-11-12-13-14-15-16-17-18-25-42-36-23-22-33(28-35(36)38(3,4)5)30-40(37(41)7-2)34-21-19-20-32(27-34)29-39-24-26-43-31-39/h19-24,26-28H,6-18,25,29-31H2,1-5H3. The molecule has 4 nitrogen and oxygen atoms in total. The van der Waals surface area contributed by atoms with E-state index in [1.54, 1.807) is 0 Å². The molecule has 1 aliphatic heterocycles. The number of carbonyl (C=O) groups excluding carboxylic acids is 1. The molecule has 5 heteroatoms. The monoisotopic (exact) mass is 606 g/mol. The van der Waals surface area contributed by atoms with Crippen LogP contribution in [0.4, 0.5) is 5.69 Å². The Morgan fingerprint density at radius 1 is 0.860 bits per heavy atom. The van der Waals surface area contributed by atoms with E-state index < -0.39 is 0 Å². The number of rotatable bonds is 20. The highest BCUT2D eigenvalue weighted by molar-refractivity contribution is 8.02. The number of carbonyl (C=O) groups is 1. The van der Waals surface area contributed by atoms with Crippen molar-refractivity contribution in [3.63, 3.8) is 0 Å². The Kier molecular flexibility index (Phi) is 15.6. The summed E-state index contributed by atoms with van der Waals surface area (Å²) < 4.78 is 6.36. The summed E-state index contributed by atoms with van der Waals surface area (Å²) in [5.74, 6) is 2.09. The van der Waals surface area contributed by atoms with E-state index in [2.05, 4.69) is 86.7 Å². The summed E-state index contributed by atoms with van der Waals surface area (Å²) >= 11 is 1.81. The number of nitrogens with zero attached hydrogens (tertiary/aromatic N) is 2. The van der Waals surface area contributed by atoms with E-state index in [4.69, 9.17) is 4.74 Å². The molecule has 43 heavy (non-hydrogen) atoms. The lowest BCUT2D eigenvalue weighted by molar-refractivity contribution is -0.118. The fourth-order valence-corrected chi connectivity index (χ4v) is 6.39. The van der Waals surface area contributed by atoms with Crippen molar-refractivity contribution in [2.45, 2.75) is 137 Å². The largest absolute Gasteiger partial charge is 0.493 e. The van der Waals surface area contributed by atoms with Crippen LogP contribution in [-0.2, 0) is 23.3 Å². The second-order valence-corrected chi connectivity index (χ2v) is 14.0. The molecular formula is C38H58N2O2S. The van der Waals surface area contributed by atoms with Crippen molar-refractivity contribution in [1.29, 1.82) is 0 Å². The van der Waals surface area contributed by atoms with Gasteiger partial charge in [-0.15, -0.1) is 11.8 Å². The number of ether oxygens (including phenoxy) is 1. The smallest absolute Gasteiger partial charge is 0.227 e. The quantitative estimate of drug-likeness (QED) is 0.140. The Morgan fingerprint density at radius 3 is 2.14 bits per heavy atom. The van der Waals surface area contributed by atoms with Crippen LogP contribution >= 0.6 is 11.8 Å². The van der Waals surface area contributed by atoms with Crippen LogP contribution in [0.1, 0.15) is 135 Å². The molecule has 2 aromatic rings. The van der Waals surface area contributed by atoms with Crippen LogP contribution in [0.15, 0.2) is 54.1 Å². The van der Waals surface area contributed by atoms with Gasteiger partial charge in [0, 0.05) is 24.9 Å². The Labute approximate surface area is 267 Å². The number of unbranched alkanes of at least 4 members (excludes halogenated alkanes) is 11. The molecule has 0 spiro atoms. The molecule has 1 heterocycles. The van der Waals surface area contributed by atoms with Gasteiger partial charge in [-0.25, -0.2) is 0 Å². The minimum Gasteiger partial charge on any atom is -0.493 e. The van der Waals surface area contributed by atoms with Crippen molar-refractivity contribution in [3.05, 3.63) is 70.8 Å². The van der Waals surface area contributed by atoms with Crippen molar-refractivity contribution in [3.8, 4) is 5.75 Å². The lowest BCUT2D eigenvalue weighted by Crippen LogP contribution is -2.30. The van der Waals surface area contributed by atoms with Gasteiger partial charge in [0.15, 0.2) is 0 Å². The summed E-state index contributed by atoms with van der Waals surface area (Å²) in [6.07, 6.45) is 18.8. The number of benzene rings is 2. The van der Waals surface area contributed by atoms with Crippen LogP contribution in [0.25, 0.3) is 0 Å². The van der Waals surface area contributed by atoms with Gasteiger partial charge in [0.05, 0.1) is 19.0 Å². The van der Waals surface area contributed by atoms with Gasteiger partial charge in [0.1, 0.15) is 5.75 Å². The lowest BCUT2D eigenvalue weighted by Gasteiger charge is -2.27. The summed E-state index contributed by atoms with van der Waals surface area (Å²) in [6, 6.07) is 15.0. The first-order valence-electron chi connectivity index (χ1n) is 17.0. The van der Waals surface area contributed by atoms with E-state index in [9.17, 15) is 4.79 Å². The second-order valence-electron chi connectivity index (χ2n) is 13.1. The van der Waals surface area contributed by atoms with Crippen LogP contribution in [0.3, 0.4) is 0 Å². The minimum absolute atomic E-state index is 0.0529. The van der Waals surface area contributed by atoms with Gasteiger partial charge in [-0.1, -0.05) is 123 Å². The van der Waals surface area contributed by atoms with Gasteiger partial charge in [-0.2, -0.15) is 0 Å². The molecular weight excluding hydrogens is 548 g/mol. The highest BCUT2D eigenvalue weighted by Crippen LogP contribution is 2.33. The second kappa shape index (κ2) is 19.1. The number of hydrogen-bond acceptors (Lipinski definition) is 4. The maximum atomic E-state index is 13.1. The zero-order chi connectivity index (χ0) is 30.9. The maximum Gasteiger partial charge on any atom is 0.227 e. The van der Waals surface area contributed by atoms with E-state index >= 15 is 0 Å². The molecule has 1 amide bonds. The van der Waals surface area contributed by atoms with E-state index in [-0.39, 0.29) is 11.3 Å². The highest BCUT2D eigenvalue weighted by atomic mass is 32.2. The maximum absolute atomic E-state index is 13.1. The summed E-state index contributed by atoms with van der Waals surface area (Å²) in [5, 5.41) is 2.13. The van der Waals surface area contributed by atoms with Crippen LogP contribution in [-0.4, -0.2) is 23.3 Å². The van der Waals surface area contributed by atoms with Gasteiger partial charge in [-0.05, 0) is 58.2 Å². The van der Waals surface area contributed by atoms with Crippen molar-refractivity contribution in [1.82, 2.24) is 4.90 Å². The predicted molar refractivity (Wildman–Crippen MR) is 187 cm³/mol. The molecule has 1 aliphatic rings. The van der Waals surface area contributed by atoms with E-state index in [1.807, 2.05) is 23.6 Å². The molecule has 0 unspecified atom stereocenters. The first kappa shape index (κ1) is 35.1. The molecule has 3 rings (SSSR count). The molecule has 0 saturated heterocycles. The molecule has 238 valence electrons. The average molecular weight is 607 g/mol. The number of hydrogen-bond donors (Lipinski definition) is 0. The van der Waals surface area contributed by atoms with Crippen LogP contribution in [0.2, 0.25) is 0 Å². The van der Waals surface area contributed by atoms with Crippen molar-refractivity contribution in [2.75, 3.05) is 17.4 Å². The van der Waals surface area contributed by atoms with Gasteiger partial charge in [-0.3, -0.25) is 4.79 Å². The fourth-order valence-electron chi connectivity index (χ4n) is 5.68.